The lowest BCUT2D eigenvalue weighted by atomic mass is 10.1. The minimum atomic E-state index is -0.225. The predicted molar refractivity (Wildman–Crippen MR) is 75.6 cm³/mol. The van der Waals surface area contributed by atoms with Gasteiger partial charge >= 0.3 is 0 Å². The van der Waals surface area contributed by atoms with Crippen LogP contribution in [-0.4, -0.2) is 23.9 Å². The van der Waals surface area contributed by atoms with Crippen molar-refractivity contribution in [1.29, 1.82) is 5.26 Å². The molecule has 1 rings (SSSR count). The highest BCUT2D eigenvalue weighted by atomic mass is 35.5. The minimum Gasteiger partial charge on any atom is -0.338 e. The number of halogens is 1. The van der Waals surface area contributed by atoms with Gasteiger partial charge < -0.3 is 10.3 Å². The van der Waals surface area contributed by atoms with Gasteiger partial charge in [-0.05, 0) is 32.0 Å². The standard InChI is InChI=1S/C13H17ClN4O/c1-3-18(8-9(2)7-15)13(19)11-6-10(14)4-5-12(11)17-16/h4-6,9,17H,3,8,16H2,1-2H3. The van der Waals surface area contributed by atoms with Gasteiger partial charge in [0, 0.05) is 18.1 Å². The predicted octanol–water partition coefficient (Wildman–Crippen LogP) is 2.25. The molecule has 19 heavy (non-hydrogen) atoms. The van der Waals surface area contributed by atoms with Crippen LogP contribution in [0.25, 0.3) is 0 Å². The number of carbonyl (C=O) groups is 1. The first-order chi connectivity index (χ1) is 9.03. The Bertz CT molecular complexity index is 498. The van der Waals surface area contributed by atoms with Crippen LogP contribution in [0.4, 0.5) is 5.69 Å². The van der Waals surface area contributed by atoms with Crippen LogP contribution >= 0.6 is 11.6 Å². The van der Waals surface area contributed by atoms with E-state index in [0.29, 0.717) is 29.4 Å². The Kier molecular flexibility index (Phi) is 5.61. The lowest BCUT2D eigenvalue weighted by molar-refractivity contribution is 0.0753. The van der Waals surface area contributed by atoms with Crippen molar-refractivity contribution >= 4 is 23.2 Å². The van der Waals surface area contributed by atoms with E-state index in [1.165, 1.54) is 0 Å². The molecule has 0 aromatic heterocycles. The van der Waals surface area contributed by atoms with Crippen LogP contribution in [0.3, 0.4) is 0 Å². The summed E-state index contributed by atoms with van der Waals surface area (Å²) >= 11 is 5.91. The summed E-state index contributed by atoms with van der Waals surface area (Å²) in [6.45, 7) is 4.53. The summed E-state index contributed by atoms with van der Waals surface area (Å²) in [5.41, 5.74) is 3.39. The number of anilines is 1. The van der Waals surface area contributed by atoms with Gasteiger partial charge in [0.05, 0.1) is 23.2 Å². The second-order valence-corrected chi connectivity index (χ2v) is 4.64. The molecule has 1 aromatic rings. The molecule has 3 N–H and O–H groups in total. The highest BCUT2D eigenvalue weighted by Gasteiger charge is 2.19. The summed E-state index contributed by atoms with van der Waals surface area (Å²) < 4.78 is 0. The maximum absolute atomic E-state index is 12.4. The van der Waals surface area contributed by atoms with Crippen molar-refractivity contribution in [2.24, 2.45) is 11.8 Å². The topological polar surface area (TPSA) is 82.2 Å². The zero-order valence-electron chi connectivity index (χ0n) is 11.0. The molecular formula is C13H17ClN4O. The first-order valence-corrected chi connectivity index (χ1v) is 6.36. The van der Waals surface area contributed by atoms with Gasteiger partial charge in [-0.15, -0.1) is 0 Å². The summed E-state index contributed by atoms with van der Waals surface area (Å²) in [6.07, 6.45) is 0. The van der Waals surface area contributed by atoms with Crippen molar-refractivity contribution < 1.29 is 4.79 Å². The third-order valence-corrected chi connectivity index (χ3v) is 2.99. The van der Waals surface area contributed by atoms with E-state index < -0.39 is 0 Å². The average molecular weight is 281 g/mol. The number of benzene rings is 1. The van der Waals surface area contributed by atoms with Crippen molar-refractivity contribution in [3.05, 3.63) is 28.8 Å². The largest absolute Gasteiger partial charge is 0.338 e. The quantitative estimate of drug-likeness (QED) is 0.640. The fraction of sp³-hybridized carbons (Fsp3) is 0.385. The molecule has 1 atom stereocenters. The molecule has 5 nitrogen and oxygen atoms in total. The maximum atomic E-state index is 12.4. The van der Waals surface area contributed by atoms with Crippen LogP contribution in [0.5, 0.6) is 0 Å². The number of nitrogens with one attached hydrogen (secondary N) is 1. The van der Waals surface area contributed by atoms with Crippen LogP contribution < -0.4 is 11.3 Å². The molecule has 0 spiro atoms. The van der Waals surface area contributed by atoms with Gasteiger partial charge in [0.1, 0.15) is 0 Å². The Hall–Kier alpha value is -1.77. The fourth-order valence-electron chi connectivity index (χ4n) is 1.72. The van der Waals surface area contributed by atoms with Gasteiger partial charge in [0.2, 0.25) is 0 Å². The SMILES string of the molecule is CCN(CC(C)C#N)C(=O)c1cc(Cl)ccc1NN. The van der Waals surface area contributed by atoms with E-state index in [9.17, 15) is 4.79 Å². The van der Waals surface area contributed by atoms with Crippen LogP contribution in [0, 0.1) is 17.2 Å². The van der Waals surface area contributed by atoms with E-state index in [4.69, 9.17) is 22.7 Å². The Balaban J connectivity index is 3.03. The molecule has 0 heterocycles. The molecule has 0 aliphatic carbocycles. The van der Waals surface area contributed by atoms with Crippen molar-refractivity contribution in [2.75, 3.05) is 18.5 Å². The number of hydrogen-bond donors (Lipinski definition) is 2. The molecule has 0 radical (unpaired) electrons. The minimum absolute atomic E-state index is 0.194. The van der Waals surface area contributed by atoms with Crippen LogP contribution in [-0.2, 0) is 0 Å². The summed E-state index contributed by atoms with van der Waals surface area (Å²) in [5, 5.41) is 9.30. The zero-order chi connectivity index (χ0) is 14.4. The van der Waals surface area contributed by atoms with Gasteiger partial charge in [-0.1, -0.05) is 11.6 Å². The molecule has 0 aliphatic heterocycles. The molecule has 0 saturated heterocycles. The molecule has 1 unspecified atom stereocenters. The molecule has 6 heteroatoms. The number of nitriles is 1. The monoisotopic (exact) mass is 280 g/mol. The molecule has 102 valence electrons. The Morgan fingerprint density at radius 2 is 2.32 bits per heavy atom. The number of nitrogens with zero attached hydrogens (tertiary/aromatic N) is 2. The number of hydrazine groups is 1. The van der Waals surface area contributed by atoms with E-state index in [1.807, 2.05) is 6.92 Å². The summed E-state index contributed by atoms with van der Waals surface area (Å²) in [6, 6.07) is 6.99. The van der Waals surface area contributed by atoms with Gasteiger partial charge in [-0.25, -0.2) is 0 Å². The fourth-order valence-corrected chi connectivity index (χ4v) is 1.89. The highest BCUT2D eigenvalue weighted by Crippen LogP contribution is 2.21. The molecule has 0 aliphatic rings. The Morgan fingerprint density at radius 1 is 1.63 bits per heavy atom. The van der Waals surface area contributed by atoms with Gasteiger partial charge in [-0.2, -0.15) is 5.26 Å². The number of nitrogen functional groups attached to an aromatic ring is 1. The van der Waals surface area contributed by atoms with E-state index >= 15 is 0 Å². The smallest absolute Gasteiger partial charge is 0.256 e. The zero-order valence-corrected chi connectivity index (χ0v) is 11.7. The highest BCUT2D eigenvalue weighted by molar-refractivity contribution is 6.31. The van der Waals surface area contributed by atoms with E-state index in [-0.39, 0.29) is 11.8 Å². The Morgan fingerprint density at radius 3 is 2.84 bits per heavy atom. The number of hydrogen-bond acceptors (Lipinski definition) is 4. The van der Waals surface area contributed by atoms with Crippen LogP contribution in [0.1, 0.15) is 24.2 Å². The second-order valence-electron chi connectivity index (χ2n) is 4.21. The second kappa shape index (κ2) is 6.98. The summed E-state index contributed by atoms with van der Waals surface area (Å²) in [7, 11) is 0. The third-order valence-electron chi connectivity index (χ3n) is 2.75. The molecular weight excluding hydrogens is 264 g/mol. The molecule has 0 bridgehead atoms. The van der Waals surface area contributed by atoms with Crippen molar-refractivity contribution in [3.63, 3.8) is 0 Å². The molecule has 0 fully saturated rings. The summed E-state index contributed by atoms with van der Waals surface area (Å²) in [5.74, 6) is 4.97. The molecule has 1 amide bonds. The Labute approximate surface area is 117 Å². The van der Waals surface area contributed by atoms with Crippen molar-refractivity contribution in [3.8, 4) is 6.07 Å². The van der Waals surface area contributed by atoms with E-state index in [2.05, 4.69) is 11.5 Å². The van der Waals surface area contributed by atoms with Crippen molar-refractivity contribution in [2.45, 2.75) is 13.8 Å². The normalized spacial score (nSPS) is 11.5. The third kappa shape index (κ3) is 3.85. The molecule has 1 aromatic carbocycles. The van der Waals surface area contributed by atoms with E-state index in [1.54, 1.807) is 30.0 Å². The lowest BCUT2D eigenvalue weighted by Crippen LogP contribution is -2.35. The first kappa shape index (κ1) is 15.3. The first-order valence-electron chi connectivity index (χ1n) is 5.98. The maximum Gasteiger partial charge on any atom is 0.256 e. The van der Waals surface area contributed by atoms with Crippen LogP contribution in [0.2, 0.25) is 5.02 Å². The van der Waals surface area contributed by atoms with Gasteiger partial charge in [0.25, 0.3) is 5.91 Å². The van der Waals surface area contributed by atoms with Crippen molar-refractivity contribution in [1.82, 2.24) is 4.90 Å². The van der Waals surface area contributed by atoms with Gasteiger partial charge in [-0.3, -0.25) is 10.6 Å². The number of nitrogens with two attached hydrogens (primary N) is 1. The number of amides is 1. The number of rotatable bonds is 5. The molecule has 0 saturated carbocycles. The lowest BCUT2D eigenvalue weighted by Gasteiger charge is -2.23. The average Bonchev–Trinajstić information content (AvgIpc) is 2.43. The van der Waals surface area contributed by atoms with Gasteiger partial charge in [0.15, 0.2) is 0 Å². The van der Waals surface area contributed by atoms with Crippen LogP contribution in [0.15, 0.2) is 18.2 Å². The van der Waals surface area contributed by atoms with E-state index in [0.717, 1.165) is 0 Å². The summed E-state index contributed by atoms with van der Waals surface area (Å²) in [4.78, 5) is 14.0. The number of carbonyl (C=O) groups excluding carboxylic acids is 1.